The number of carboxylic acid groups (broad SMARTS) is 1. The fraction of sp³-hybridized carbons (Fsp3) is 0.786. The number of carboxylic acids is 1. The van der Waals surface area contributed by atoms with Gasteiger partial charge in [-0.2, -0.15) is 0 Å². The van der Waals surface area contributed by atoms with Gasteiger partial charge in [-0.25, -0.2) is 4.79 Å². The molecule has 2 atom stereocenters. The van der Waals surface area contributed by atoms with E-state index in [1.54, 1.807) is 4.90 Å². The van der Waals surface area contributed by atoms with Crippen molar-refractivity contribution in [1.29, 1.82) is 0 Å². The normalized spacial score (nSPS) is 19.7. The molecule has 0 aromatic rings. The highest BCUT2D eigenvalue weighted by Crippen LogP contribution is 2.26. The Bertz CT molecular complexity index is 386. The summed E-state index contributed by atoms with van der Waals surface area (Å²) in [6.07, 6.45) is 2.09. The van der Waals surface area contributed by atoms with E-state index in [0.29, 0.717) is 13.1 Å². The average molecular weight is 300 g/mol. The molecule has 0 radical (unpaired) electrons. The minimum atomic E-state index is -0.804. The number of urea groups is 1. The van der Waals surface area contributed by atoms with Crippen LogP contribution in [0, 0.1) is 11.8 Å². The molecule has 1 aliphatic heterocycles. The van der Waals surface area contributed by atoms with Gasteiger partial charge in [0.05, 0.1) is 13.5 Å². The molecule has 21 heavy (non-hydrogen) atoms. The molecule has 0 aliphatic carbocycles. The second kappa shape index (κ2) is 8.49. The van der Waals surface area contributed by atoms with Crippen molar-refractivity contribution in [2.75, 3.05) is 26.7 Å². The quantitative estimate of drug-likeness (QED) is 0.716. The molecule has 1 fully saturated rings. The first-order valence-corrected chi connectivity index (χ1v) is 7.25. The number of aliphatic carboxylic acids is 1. The van der Waals surface area contributed by atoms with Crippen LogP contribution in [0.3, 0.4) is 0 Å². The summed E-state index contributed by atoms with van der Waals surface area (Å²) in [5.41, 5.74) is 0. The van der Waals surface area contributed by atoms with Gasteiger partial charge in [-0.3, -0.25) is 9.59 Å². The number of hydrogen-bond donors (Lipinski definition) is 2. The number of carbonyl (C=O) groups is 3. The number of nitrogens with zero attached hydrogens (tertiary/aromatic N) is 1. The molecule has 1 heterocycles. The molecule has 1 saturated heterocycles. The summed E-state index contributed by atoms with van der Waals surface area (Å²) < 4.78 is 4.50. The molecule has 1 rings (SSSR count). The first kappa shape index (κ1) is 17.3. The number of ether oxygens (including phenoxy) is 1. The molecule has 0 bridgehead atoms. The minimum absolute atomic E-state index is 0.0492. The maximum atomic E-state index is 12.0. The molecule has 7 heteroatoms. The van der Waals surface area contributed by atoms with Gasteiger partial charge in [0.15, 0.2) is 0 Å². The van der Waals surface area contributed by atoms with E-state index in [-0.39, 0.29) is 43.2 Å². The predicted molar refractivity (Wildman–Crippen MR) is 75.7 cm³/mol. The van der Waals surface area contributed by atoms with Crippen molar-refractivity contribution >= 4 is 18.0 Å². The average Bonchev–Trinajstić information content (AvgIpc) is 2.46. The molecule has 2 unspecified atom stereocenters. The Morgan fingerprint density at radius 3 is 2.76 bits per heavy atom. The van der Waals surface area contributed by atoms with Gasteiger partial charge in [0.25, 0.3) is 0 Å². The first-order valence-electron chi connectivity index (χ1n) is 7.25. The van der Waals surface area contributed by atoms with Gasteiger partial charge in [0.2, 0.25) is 0 Å². The summed E-state index contributed by atoms with van der Waals surface area (Å²) in [5.74, 6) is -0.904. The Morgan fingerprint density at radius 1 is 1.43 bits per heavy atom. The summed E-state index contributed by atoms with van der Waals surface area (Å²) in [4.78, 5) is 35.4. The van der Waals surface area contributed by atoms with Gasteiger partial charge in [0.1, 0.15) is 0 Å². The Kier molecular flexibility index (Phi) is 6.98. The molecular weight excluding hydrogens is 276 g/mol. The smallest absolute Gasteiger partial charge is 0.317 e. The largest absolute Gasteiger partial charge is 0.481 e. The lowest BCUT2D eigenvalue weighted by atomic mass is 9.85. The predicted octanol–water partition coefficient (Wildman–Crippen LogP) is 1.08. The Hall–Kier alpha value is -1.79. The molecule has 2 amide bonds. The van der Waals surface area contributed by atoms with Crippen LogP contribution in [-0.4, -0.2) is 54.7 Å². The highest BCUT2D eigenvalue weighted by molar-refractivity contribution is 5.75. The molecule has 1 aliphatic rings. The van der Waals surface area contributed by atoms with Crippen LogP contribution in [0.2, 0.25) is 0 Å². The fourth-order valence-electron chi connectivity index (χ4n) is 2.59. The SMILES string of the molecule is COC(=O)CCNC(=O)N1CCCC(C(C)CC(=O)O)C1. The summed E-state index contributed by atoms with van der Waals surface area (Å²) in [5, 5.41) is 11.5. The maximum Gasteiger partial charge on any atom is 0.317 e. The van der Waals surface area contributed by atoms with Gasteiger partial charge in [0, 0.05) is 26.1 Å². The van der Waals surface area contributed by atoms with E-state index in [2.05, 4.69) is 10.1 Å². The highest BCUT2D eigenvalue weighted by Gasteiger charge is 2.28. The topological polar surface area (TPSA) is 95.9 Å². The summed E-state index contributed by atoms with van der Waals surface area (Å²) >= 11 is 0. The molecule has 0 spiro atoms. The molecule has 2 N–H and O–H groups in total. The summed E-state index contributed by atoms with van der Waals surface area (Å²) in [6, 6.07) is -0.203. The van der Waals surface area contributed by atoms with Gasteiger partial charge >= 0.3 is 18.0 Å². The zero-order valence-corrected chi connectivity index (χ0v) is 12.6. The third kappa shape index (κ3) is 6.01. The van der Waals surface area contributed by atoms with Crippen molar-refractivity contribution < 1.29 is 24.2 Å². The Morgan fingerprint density at radius 2 is 2.14 bits per heavy atom. The number of nitrogens with one attached hydrogen (secondary N) is 1. The lowest BCUT2D eigenvalue weighted by Crippen LogP contribution is -2.47. The number of hydrogen-bond acceptors (Lipinski definition) is 4. The Labute approximate surface area is 124 Å². The molecule has 0 aromatic carbocycles. The second-order valence-electron chi connectivity index (χ2n) is 5.48. The van der Waals surface area contributed by atoms with Crippen molar-refractivity contribution in [3.05, 3.63) is 0 Å². The number of amides is 2. The zero-order valence-electron chi connectivity index (χ0n) is 12.6. The zero-order chi connectivity index (χ0) is 15.8. The third-order valence-electron chi connectivity index (χ3n) is 3.88. The molecular formula is C14H24N2O5. The van der Waals surface area contributed by atoms with E-state index in [0.717, 1.165) is 12.8 Å². The van der Waals surface area contributed by atoms with Crippen LogP contribution in [0.25, 0.3) is 0 Å². The Balaban J connectivity index is 2.39. The third-order valence-corrected chi connectivity index (χ3v) is 3.88. The van der Waals surface area contributed by atoms with Crippen LogP contribution in [0.15, 0.2) is 0 Å². The molecule has 0 saturated carbocycles. The summed E-state index contributed by atoms with van der Waals surface area (Å²) in [7, 11) is 1.31. The molecule has 7 nitrogen and oxygen atoms in total. The van der Waals surface area contributed by atoms with Crippen molar-refractivity contribution in [2.24, 2.45) is 11.8 Å². The maximum absolute atomic E-state index is 12.0. The van der Waals surface area contributed by atoms with E-state index >= 15 is 0 Å². The van der Waals surface area contributed by atoms with Crippen molar-refractivity contribution in [3.63, 3.8) is 0 Å². The number of methoxy groups -OCH3 is 1. The highest BCUT2D eigenvalue weighted by atomic mass is 16.5. The molecule has 0 aromatic heterocycles. The number of esters is 1. The van der Waals surface area contributed by atoms with Crippen LogP contribution in [0.5, 0.6) is 0 Å². The number of carbonyl (C=O) groups excluding carboxylic acids is 2. The van der Waals surface area contributed by atoms with Crippen molar-refractivity contribution in [3.8, 4) is 0 Å². The van der Waals surface area contributed by atoms with Crippen LogP contribution in [0.4, 0.5) is 4.79 Å². The van der Waals surface area contributed by atoms with E-state index in [4.69, 9.17) is 5.11 Å². The number of likely N-dealkylation sites (tertiary alicyclic amines) is 1. The van der Waals surface area contributed by atoms with Crippen LogP contribution < -0.4 is 5.32 Å². The number of rotatable bonds is 6. The van der Waals surface area contributed by atoms with Crippen molar-refractivity contribution in [1.82, 2.24) is 10.2 Å². The lowest BCUT2D eigenvalue weighted by molar-refractivity contribution is -0.140. The van der Waals surface area contributed by atoms with E-state index in [1.807, 2.05) is 6.92 Å². The summed E-state index contributed by atoms with van der Waals surface area (Å²) in [6.45, 7) is 3.40. The van der Waals surface area contributed by atoms with Crippen LogP contribution in [-0.2, 0) is 14.3 Å². The first-order chi connectivity index (χ1) is 9.93. The van der Waals surface area contributed by atoms with Gasteiger partial charge in [-0.15, -0.1) is 0 Å². The number of piperidine rings is 1. The standard InChI is InChI=1S/C14H24N2O5/c1-10(8-12(17)18)11-4-3-7-16(9-11)14(20)15-6-5-13(19)21-2/h10-11H,3-9H2,1-2H3,(H,15,20)(H,17,18). The van der Waals surface area contributed by atoms with Gasteiger partial charge < -0.3 is 20.1 Å². The van der Waals surface area contributed by atoms with Crippen LogP contribution in [0.1, 0.15) is 32.6 Å². The van der Waals surface area contributed by atoms with E-state index in [9.17, 15) is 14.4 Å². The second-order valence-corrected chi connectivity index (χ2v) is 5.48. The van der Waals surface area contributed by atoms with Gasteiger partial charge in [-0.1, -0.05) is 6.92 Å². The van der Waals surface area contributed by atoms with E-state index < -0.39 is 5.97 Å². The minimum Gasteiger partial charge on any atom is -0.481 e. The molecule has 120 valence electrons. The van der Waals surface area contributed by atoms with Crippen LogP contribution >= 0.6 is 0 Å². The lowest BCUT2D eigenvalue weighted by Gasteiger charge is -2.35. The monoisotopic (exact) mass is 300 g/mol. The fourth-order valence-corrected chi connectivity index (χ4v) is 2.59. The van der Waals surface area contributed by atoms with Crippen molar-refractivity contribution in [2.45, 2.75) is 32.6 Å². The van der Waals surface area contributed by atoms with E-state index in [1.165, 1.54) is 7.11 Å². The van der Waals surface area contributed by atoms with Gasteiger partial charge in [-0.05, 0) is 24.7 Å².